The van der Waals surface area contributed by atoms with Crippen molar-refractivity contribution < 1.29 is 4.79 Å². The first-order valence-electron chi connectivity index (χ1n) is 6.14. The number of nitrogens with zero attached hydrogens (tertiary/aromatic N) is 1. The van der Waals surface area contributed by atoms with E-state index in [9.17, 15) is 4.79 Å². The number of para-hydroxylation sites is 1. The van der Waals surface area contributed by atoms with Crippen molar-refractivity contribution in [1.29, 1.82) is 0 Å². The number of hydrazine groups is 1. The second-order valence-corrected chi connectivity index (χ2v) is 4.95. The number of hydrogen-bond donors (Lipinski definition) is 2. The maximum atomic E-state index is 11.3. The third kappa shape index (κ3) is 2.00. The zero-order chi connectivity index (χ0) is 11.7. The number of carbonyl (C=O) groups is 1. The number of benzene rings is 1. The summed E-state index contributed by atoms with van der Waals surface area (Å²) in [6.07, 6.45) is 2.65. The largest absolute Gasteiger partial charge is 0.371 e. The summed E-state index contributed by atoms with van der Waals surface area (Å²) >= 11 is 0. The predicted molar refractivity (Wildman–Crippen MR) is 66.5 cm³/mol. The van der Waals surface area contributed by atoms with E-state index in [2.05, 4.69) is 40.0 Å². The van der Waals surface area contributed by atoms with Crippen molar-refractivity contribution in [2.45, 2.75) is 24.8 Å². The van der Waals surface area contributed by atoms with Crippen LogP contribution in [-0.2, 0) is 4.79 Å². The van der Waals surface area contributed by atoms with Crippen LogP contribution in [0.4, 0.5) is 5.69 Å². The van der Waals surface area contributed by atoms with Crippen molar-refractivity contribution in [2.75, 3.05) is 18.0 Å². The lowest BCUT2D eigenvalue weighted by atomic mass is 9.86. The smallest absolute Gasteiger partial charge is 0.236 e. The number of amides is 1. The maximum absolute atomic E-state index is 11.3. The second kappa shape index (κ2) is 4.04. The highest BCUT2D eigenvalue weighted by Gasteiger charge is 2.40. The molecule has 3 rings (SSSR count). The summed E-state index contributed by atoms with van der Waals surface area (Å²) in [6.45, 7) is 2.01. The van der Waals surface area contributed by atoms with Gasteiger partial charge in [0.05, 0.1) is 0 Å². The van der Waals surface area contributed by atoms with Gasteiger partial charge in [0.2, 0.25) is 5.91 Å². The molecule has 0 radical (unpaired) electrons. The van der Waals surface area contributed by atoms with Gasteiger partial charge in [0.25, 0.3) is 0 Å². The van der Waals surface area contributed by atoms with Gasteiger partial charge in [-0.25, -0.2) is 5.43 Å². The van der Waals surface area contributed by atoms with E-state index in [1.54, 1.807) is 0 Å². The van der Waals surface area contributed by atoms with Gasteiger partial charge in [-0.2, -0.15) is 0 Å². The van der Waals surface area contributed by atoms with Crippen LogP contribution in [-0.4, -0.2) is 24.5 Å². The number of carbonyl (C=O) groups excluding carboxylic acids is 1. The van der Waals surface area contributed by atoms with Gasteiger partial charge in [0, 0.05) is 30.7 Å². The Hall–Kier alpha value is -1.55. The molecule has 4 heteroatoms. The molecule has 0 unspecified atom stereocenters. The van der Waals surface area contributed by atoms with Crippen LogP contribution in [0.15, 0.2) is 30.3 Å². The fraction of sp³-hybridized carbons (Fsp3) is 0.462. The Morgan fingerprint density at radius 2 is 1.82 bits per heavy atom. The molecule has 2 N–H and O–H groups in total. The Balaban J connectivity index is 1.67. The molecule has 1 aromatic rings. The van der Waals surface area contributed by atoms with E-state index in [0.29, 0.717) is 6.42 Å². The van der Waals surface area contributed by atoms with Crippen molar-refractivity contribution in [3.8, 4) is 0 Å². The number of anilines is 1. The van der Waals surface area contributed by atoms with E-state index in [1.165, 1.54) is 5.69 Å². The van der Waals surface area contributed by atoms with Crippen LogP contribution in [0.3, 0.4) is 0 Å². The third-order valence-electron chi connectivity index (χ3n) is 3.81. The van der Waals surface area contributed by atoms with E-state index in [0.717, 1.165) is 25.9 Å². The number of hydrogen-bond acceptors (Lipinski definition) is 3. The molecule has 4 nitrogen and oxygen atoms in total. The quantitative estimate of drug-likeness (QED) is 0.759. The molecule has 0 aliphatic carbocycles. The molecule has 1 aromatic carbocycles. The molecule has 2 heterocycles. The van der Waals surface area contributed by atoms with Crippen LogP contribution in [0.25, 0.3) is 0 Å². The Morgan fingerprint density at radius 3 is 2.41 bits per heavy atom. The van der Waals surface area contributed by atoms with Crippen molar-refractivity contribution in [3.05, 3.63) is 30.3 Å². The monoisotopic (exact) mass is 231 g/mol. The minimum Gasteiger partial charge on any atom is -0.371 e. The Labute approximate surface area is 101 Å². The summed E-state index contributed by atoms with van der Waals surface area (Å²) in [7, 11) is 0. The van der Waals surface area contributed by atoms with Crippen molar-refractivity contribution in [2.24, 2.45) is 0 Å². The number of rotatable bonds is 1. The lowest BCUT2D eigenvalue weighted by Crippen LogP contribution is -2.52. The van der Waals surface area contributed by atoms with Crippen LogP contribution in [0, 0.1) is 0 Å². The summed E-state index contributed by atoms with van der Waals surface area (Å²) in [4.78, 5) is 13.7. The zero-order valence-electron chi connectivity index (χ0n) is 9.78. The van der Waals surface area contributed by atoms with Gasteiger partial charge in [0.15, 0.2) is 0 Å². The van der Waals surface area contributed by atoms with Gasteiger partial charge >= 0.3 is 0 Å². The highest BCUT2D eigenvalue weighted by molar-refractivity contribution is 5.79. The lowest BCUT2D eigenvalue weighted by molar-refractivity contribution is -0.119. The number of nitrogens with one attached hydrogen (secondary N) is 2. The van der Waals surface area contributed by atoms with E-state index in [4.69, 9.17) is 0 Å². The van der Waals surface area contributed by atoms with E-state index in [-0.39, 0.29) is 11.4 Å². The van der Waals surface area contributed by atoms with Gasteiger partial charge in [-0.3, -0.25) is 10.2 Å². The Kier molecular flexibility index (Phi) is 2.52. The first-order valence-corrected chi connectivity index (χ1v) is 6.14. The van der Waals surface area contributed by atoms with Crippen LogP contribution >= 0.6 is 0 Å². The first-order chi connectivity index (χ1) is 8.27. The van der Waals surface area contributed by atoms with Crippen molar-refractivity contribution in [3.63, 3.8) is 0 Å². The molecule has 1 amide bonds. The first kappa shape index (κ1) is 10.6. The van der Waals surface area contributed by atoms with Crippen molar-refractivity contribution in [1.82, 2.24) is 10.9 Å². The van der Waals surface area contributed by atoms with Gasteiger partial charge < -0.3 is 4.90 Å². The third-order valence-corrected chi connectivity index (χ3v) is 3.81. The summed E-state index contributed by atoms with van der Waals surface area (Å²) in [6, 6.07) is 10.5. The SMILES string of the molecule is O=C1CC2(CCN(c3ccccc3)CC2)NN1. The highest BCUT2D eigenvalue weighted by Crippen LogP contribution is 2.30. The van der Waals surface area contributed by atoms with Crippen molar-refractivity contribution >= 4 is 11.6 Å². The van der Waals surface area contributed by atoms with Gasteiger partial charge in [-0.05, 0) is 25.0 Å². The molecule has 2 saturated heterocycles. The Bertz CT molecular complexity index is 410. The molecule has 2 aliphatic heterocycles. The minimum atomic E-state index is 0.00234. The number of piperidine rings is 1. The normalized spacial score (nSPS) is 22.8. The fourth-order valence-electron chi connectivity index (χ4n) is 2.73. The fourth-order valence-corrected chi connectivity index (χ4v) is 2.73. The van der Waals surface area contributed by atoms with E-state index < -0.39 is 0 Å². The molecular weight excluding hydrogens is 214 g/mol. The molecule has 0 atom stereocenters. The molecule has 2 aliphatic rings. The average molecular weight is 231 g/mol. The van der Waals surface area contributed by atoms with E-state index >= 15 is 0 Å². The van der Waals surface area contributed by atoms with Crippen LogP contribution in [0.2, 0.25) is 0 Å². The van der Waals surface area contributed by atoms with Gasteiger partial charge in [0.1, 0.15) is 0 Å². The maximum Gasteiger partial charge on any atom is 0.236 e. The molecule has 1 spiro atoms. The molecule has 0 bridgehead atoms. The highest BCUT2D eigenvalue weighted by atomic mass is 16.2. The summed E-state index contributed by atoms with van der Waals surface area (Å²) in [5.41, 5.74) is 7.17. The standard InChI is InChI=1S/C13H17N3O/c17-12-10-13(15-14-12)6-8-16(9-7-13)11-4-2-1-3-5-11/h1-5,15H,6-10H2,(H,14,17). The summed E-state index contributed by atoms with van der Waals surface area (Å²) in [5, 5.41) is 0. The van der Waals surface area contributed by atoms with E-state index in [1.807, 2.05) is 6.07 Å². The van der Waals surface area contributed by atoms with Gasteiger partial charge in [-0.15, -0.1) is 0 Å². The molecule has 0 aromatic heterocycles. The molecule has 0 saturated carbocycles. The molecule has 90 valence electrons. The summed E-state index contributed by atoms with van der Waals surface area (Å²) in [5.74, 6) is 0.123. The molecule has 2 fully saturated rings. The minimum absolute atomic E-state index is 0.00234. The lowest BCUT2D eigenvalue weighted by Gasteiger charge is -2.39. The molecule has 17 heavy (non-hydrogen) atoms. The van der Waals surface area contributed by atoms with Gasteiger partial charge in [-0.1, -0.05) is 18.2 Å². The molecular formula is C13H17N3O. The van der Waals surface area contributed by atoms with Crippen LogP contribution in [0.1, 0.15) is 19.3 Å². The Morgan fingerprint density at radius 1 is 1.12 bits per heavy atom. The topological polar surface area (TPSA) is 44.4 Å². The predicted octanol–water partition coefficient (Wildman–Crippen LogP) is 1.05. The average Bonchev–Trinajstić information content (AvgIpc) is 2.73. The second-order valence-electron chi connectivity index (χ2n) is 4.95. The zero-order valence-corrected chi connectivity index (χ0v) is 9.78. The summed E-state index contributed by atoms with van der Waals surface area (Å²) < 4.78 is 0. The van der Waals surface area contributed by atoms with Crippen LogP contribution in [0.5, 0.6) is 0 Å². The van der Waals surface area contributed by atoms with Crippen LogP contribution < -0.4 is 15.8 Å².